The zero-order chi connectivity index (χ0) is 18.6. The summed E-state index contributed by atoms with van der Waals surface area (Å²) in [5.74, 6) is -0.0212. The number of hydrogen-bond donors (Lipinski definition) is 0. The Morgan fingerprint density at radius 2 is 2.11 bits per heavy atom. The summed E-state index contributed by atoms with van der Waals surface area (Å²) in [6, 6.07) is 11.7. The molecule has 0 fully saturated rings. The highest BCUT2D eigenvalue weighted by Gasteiger charge is 2.26. The highest BCUT2D eigenvalue weighted by molar-refractivity contribution is 5.93. The van der Waals surface area contributed by atoms with Crippen LogP contribution in [0.5, 0.6) is 0 Å². The van der Waals surface area contributed by atoms with Crippen molar-refractivity contribution in [3.63, 3.8) is 0 Å². The van der Waals surface area contributed by atoms with E-state index in [2.05, 4.69) is 20.6 Å². The fraction of sp³-hybridized carbons (Fsp3) is 0.286. The number of aryl methyl sites for hydroxylation is 1. The molecule has 0 N–H and O–H groups in total. The lowest BCUT2D eigenvalue weighted by molar-refractivity contribution is 0.0104. The number of carbonyl (C=O) groups excluding carboxylic acids is 1. The Morgan fingerprint density at radius 3 is 2.89 bits per heavy atom. The minimum Gasteiger partial charge on any atom is -0.370 e. The van der Waals surface area contributed by atoms with Gasteiger partial charge in [0.25, 0.3) is 5.91 Å². The molecule has 3 aromatic heterocycles. The maximum absolute atomic E-state index is 13.0. The minimum atomic E-state index is -0.0961. The second-order valence-corrected chi connectivity index (χ2v) is 6.82. The normalized spacial score (nSPS) is 16.6. The number of hydrogen-bond acceptors (Lipinski definition) is 4. The third-order valence-corrected chi connectivity index (χ3v) is 4.75. The predicted molar refractivity (Wildman–Crippen MR) is 101 cm³/mol. The summed E-state index contributed by atoms with van der Waals surface area (Å²) in [5, 5.41) is 0. The molecule has 0 unspecified atom stereocenters. The molecule has 1 aliphatic heterocycles. The Labute approximate surface area is 158 Å². The number of nitrogens with zero attached hydrogens (tertiary/aromatic N) is 4. The third-order valence-electron chi connectivity index (χ3n) is 4.75. The third kappa shape index (κ3) is 4.06. The number of pyridine rings is 2. The molecule has 6 heteroatoms. The number of carbonyl (C=O) groups is 1. The van der Waals surface area contributed by atoms with Gasteiger partial charge in [0.15, 0.2) is 0 Å². The first-order valence-corrected chi connectivity index (χ1v) is 9.05. The quantitative estimate of drug-likeness (QED) is 0.716. The van der Waals surface area contributed by atoms with Crippen LogP contribution in [0, 0.1) is 6.92 Å². The molecular formula is C21H22N4O2. The molecule has 0 saturated heterocycles. The Kier molecular flexibility index (Phi) is 4.98. The molecule has 0 aromatic carbocycles. The van der Waals surface area contributed by atoms with Gasteiger partial charge < -0.3 is 14.2 Å². The molecule has 1 atom stereocenters. The van der Waals surface area contributed by atoms with E-state index in [0.29, 0.717) is 25.3 Å². The van der Waals surface area contributed by atoms with Crippen molar-refractivity contribution in [3.8, 4) is 0 Å². The summed E-state index contributed by atoms with van der Waals surface area (Å²) in [7, 11) is 0. The summed E-state index contributed by atoms with van der Waals surface area (Å²) in [6.45, 7) is 4.21. The molecule has 1 aliphatic rings. The molecule has 0 radical (unpaired) electrons. The second kappa shape index (κ2) is 7.72. The molecule has 4 heterocycles. The fourth-order valence-electron chi connectivity index (χ4n) is 3.29. The Balaban J connectivity index is 1.53. The van der Waals surface area contributed by atoms with Gasteiger partial charge in [-0.25, -0.2) is 0 Å². The summed E-state index contributed by atoms with van der Waals surface area (Å²) in [6.07, 6.45) is 7.14. The molecule has 138 valence electrons. The highest BCUT2D eigenvalue weighted by Crippen LogP contribution is 2.18. The van der Waals surface area contributed by atoms with E-state index >= 15 is 0 Å². The van der Waals surface area contributed by atoms with Crippen LogP contribution in [0.2, 0.25) is 0 Å². The molecule has 3 aromatic rings. The minimum absolute atomic E-state index is 0.0212. The van der Waals surface area contributed by atoms with Gasteiger partial charge in [0, 0.05) is 42.7 Å². The second-order valence-electron chi connectivity index (χ2n) is 6.82. The predicted octanol–water partition coefficient (Wildman–Crippen LogP) is 2.83. The zero-order valence-corrected chi connectivity index (χ0v) is 15.3. The van der Waals surface area contributed by atoms with Crippen molar-refractivity contribution in [3.05, 3.63) is 83.7 Å². The number of amides is 1. The van der Waals surface area contributed by atoms with E-state index in [0.717, 1.165) is 23.5 Å². The van der Waals surface area contributed by atoms with Crippen molar-refractivity contribution in [2.45, 2.75) is 32.7 Å². The maximum atomic E-state index is 13.0. The van der Waals surface area contributed by atoms with Gasteiger partial charge in [-0.15, -0.1) is 0 Å². The number of rotatable bonds is 4. The van der Waals surface area contributed by atoms with Crippen molar-refractivity contribution >= 4 is 5.91 Å². The van der Waals surface area contributed by atoms with Crippen LogP contribution < -0.4 is 0 Å². The highest BCUT2D eigenvalue weighted by atomic mass is 16.5. The molecule has 0 spiro atoms. The molecule has 6 nitrogen and oxygen atoms in total. The first kappa shape index (κ1) is 17.4. The van der Waals surface area contributed by atoms with E-state index < -0.39 is 0 Å². The molecule has 0 aliphatic carbocycles. The Bertz CT molecular complexity index is 905. The average Bonchev–Trinajstić information content (AvgIpc) is 3.05. The van der Waals surface area contributed by atoms with Crippen molar-refractivity contribution < 1.29 is 9.53 Å². The van der Waals surface area contributed by atoms with Crippen LogP contribution in [0.25, 0.3) is 0 Å². The molecule has 0 bridgehead atoms. The molecular weight excluding hydrogens is 340 g/mol. The molecule has 0 saturated carbocycles. The van der Waals surface area contributed by atoms with Gasteiger partial charge in [-0.05, 0) is 42.8 Å². The van der Waals surface area contributed by atoms with Gasteiger partial charge in [-0.2, -0.15) is 0 Å². The van der Waals surface area contributed by atoms with Crippen molar-refractivity contribution in [2.75, 3.05) is 6.54 Å². The van der Waals surface area contributed by atoms with Crippen LogP contribution in [-0.2, 0) is 24.4 Å². The van der Waals surface area contributed by atoms with Crippen molar-refractivity contribution in [1.82, 2.24) is 19.4 Å². The standard InChI is InChI=1S/C21H22N4O2/c1-16-6-7-18(11-23-16)21(26)25-12-19-5-3-9-24(19)13-20(14-25)27-15-17-4-2-8-22-10-17/h2-11,20H,12-15H2,1H3/t20-/m1/s1. The van der Waals surface area contributed by atoms with Crippen molar-refractivity contribution in [2.24, 2.45) is 0 Å². The molecule has 27 heavy (non-hydrogen) atoms. The van der Waals surface area contributed by atoms with Gasteiger partial charge in [0.2, 0.25) is 0 Å². The Morgan fingerprint density at radius 1 is 1.19 bits per heavy atom. The van der Waals surface area contributed by atoms with Crippen LogP contribution in [0.4, 0.5) is 0 Å². The van der Waals surface area contributed by atoms with E-state index in [9.17, 15) is 4.79 Å². The smallest absolute Gasteiger partial charge is 0.255 e. The van der Waals surface area contributed by atoms with E-state index in [4.69, 9.17) is 4.74 Å². The summed E-state index contributed by atoms with van der Waals surface area (Å²) < 4.78 is 8.30. The number of ether oxygens (including phenoxy) is 1. The summed E-state index contributed by atoms with van der Waals surface area (Å²) in [5.41, 5.74) is 3.63. The van der Waals surface area contributed by atoms with Crippen LogP contribution in [-0.4, -0.2) is 38.0 Å². The lowest BCUT2D eigenvalue weighted by atomic mass is 10.2. The SMILES string of the molecule is Cc1ccc(C(=O)N2Cc3cccn3C[C@@H](OCc3cccnc3)C2)cn1. The van der Waals surface area contributed by atoms with E-state index in [1.807, 2.05) is 48.4 Å². The first-order valence-electron chi connectivity index (χ1n) is 9.05. The molecule has 4 rings (SSSR count). The summed E-state index contributed by atoms with van der Waals surface area (Å²) >= 11 is 0. The van der Waals surface area contributed by atoms with Gasteiger partial charge >= 0.3 is 0 Å². The van der Waals surface area contributed by atoms with E-state index in [1.165, 1.54) is 0 Å². The van der Waals surface area contributed by atoms with Crippen LogP contribution in [0.3, 0.4) is 0 Å². The van der Waals surface area contributed by atoms with Gasteiger partial charge in [-0.3, -0.25) is 14.8 Å². The van der Waals surface area contributed by atoms with Gasteiger partial charge in [0.1, 0.15) is 0 Å². The van der Waals surface area contributed by atoms with Crippen LogP contribution in [0.15, 0.2) is 61.2 Å². The molecule has 1 amide bonds. The largest absolute Gasteiger partial charge is 0.370 e. The van der Waals surface area contributed by atoms with Gasteiger partial charge in [-0.1, -0.05) is 6.07 Å². The fourth-order valence-corrected chi connectivity index (χ4v) is 3.29. The van der Waals surface area contributed by atoms with Crippen LogP contribution >= 0.6 is 0 Å². The first-order chi connectivity index (χ1) is 13.2. The topological polar surface area (TPSA) is 60.2 Å². The van der Waals surface area contributed by atoms with E-state index in [1.54, 1.807) is 18.6 Å². The zero-order valence-electron chi connectivity index (χ0n) is 15.3. The van der Waals surface area contributed by atoms with E-state index in [-0.39, 0.29) is 12.0 Å². The average molecular weight is 362 g/mol. The number of fused-ring (bicyclic) bond motifs is 1. The van der Waals surface area contributed by atoms with Crippen LogP contribution in [0.1, 0.15) is 27.3 Å². The van der Waals surface area contributed by atoms with Gasteiger partial charge in [0.05, 0.1) is 31.4 Å². The Hall–Kier alpha value is -2.99. The maximum Gasteiger partial charge on any atom is 0.255 e. The number of aromatic nitrogens is 3. The monoisotopic (exact) mass is 362 g/mol. The summed E-state index contributed by atoms with van der Waals surface area (Å²) in [4.78, 5) is 23.3. The lowest BCUT2D eigenvalue weighted by Gasteiger charge is -2.24. The lowest BCUT2D eigenvalue weighted by Crippen LogP contribution is -2.37. The van der Waals surface area contributed by atoms with Crippen molar-refractivity contribution in [1.29, 1.82) is 0 Å².